The summed E-state index contributed by atoms with van der Waals surface area (Å²) in [7, 11) is 0. The van der Waals surface area contributed by atoms with Gasteiger partial charge in [0.25, 0.3) is 0 Å². The van der Waals surface area contributed by atoms with Crippen LogP contribution >= 0.6 is 24.0 Å². The Morgan fingerprint density at radius 1 is 1.50 bits per heavy atom. The highest BCUT2D eigenvalue weighted by Crippen LogP contribution is 2.02. The topological polar surface area (TPSA) is 38.9 Å². The first-order valence-electron chi connectivity index (χ1n) is 2.59. The first-order chi connectivity index (χ1) is 4.33. The van der Waals surface area contributed by atoms with Crippen molar-refractivity contribution in [2.75, 3.05) is 5.73 Å². The summed E-state index contributed by atoms with van der Waals surface area (Å²) in [5.41, 5.74) is 6.32. The number of rotatable bonds is 1. The summed E-state index contributed by atoms with van der Waals surface area (Å²) in [5.74, 6) is 1.02. The maximum absolute atomic E-state index is 5.50. The summed E-state index contributed by atoms with van der Waals surface area (Å²) in [6.45, 7) is 0. The van der Waals surface area contributed by atoms with E-state index in [2.05, 4.69) is 4.98 Å². The third kappa shape index (κ3) is 2.42. The van der Waals surface area contributed by atoms with E-state index in [4.69, 9.17) is 17.3 Å². The van der Waals surface area contributed by atoms with Crippen LogP contribution in [0.15, 0.2) is 18.3 Å². The number of anilines is 1. The van der Waals surface area contributed by atoms with Gasteiger partial charge in [-0.3, -0.25) is 0 Å². The van der Waals surface area contributed by atoms with E-state index >= 15 is 0 Å². The normalized spacial score (nSPS) is 8.50. The Morgan fingerprint density at radius 2 is 2.20 bits per heavy atom. The van der Waals surface area contributed by atoms with Crippen molar-refractivity contribution in [3.63, 3.8) is 0 Å². The van der Waals surface area contributed by atoms with E-state index in [1.54, 1.807) is 12.3 Å². The summed E-state index contributed by atoms with van der Waals surface area (Å²) in [6.07, 6.45) is 1.67. The van der Waals surface area contributed by atoms with Crippen molar-refractivity contribution < 1.29 is 0 Å². The molecule has 0 fully saturated rings. The maximum atomic E-state index is 5.50. The number of nitrogens with zero attached hydrogens (tertiary/aromatic N) is 1. The number of hydrogen-bond acceptors (Lipinski definition) is 2. The van der Waals surface area contributed by atoms with Gasteiger partial charge in [-0.15, -0.1) is 24.0 Å². The molecule has 0 saturated heterocycles. The Bertz CT molecular complexity index is 185. The fourth-order valence-electron chi connectivity index (χ4n) is 0.515. The zero-order valence-corrected chi connectivity index (χ0v) is 6.82. The molecule has 0 bridgehead atoms. The van der Waals surface area contributed by atoms with Crippen LogP contribution < -0.4 is 5.73 Å². The number of nitrogen functional groups attached to an aromatic ring is 1. The van der Waals surface area contributed by atoms with E-state index in [1.165, 1.54) is 0 Å². The number of nitrogens with two attached hydrogens (primary N) is 1. The quantitative estimate of drug-likeness (QED) is 0.667. The molecule has 0 spiro atoms. The van der Waals surface area contributed by atoms with Gasteiger partial charge in [-0.1, -0.05) is 6.07 Å². The fraction of sp³-hybridized carbons (Fsp3) is 0.167. The highest BCUT2D eigenvalue weighted by molar-refractivity contribution is 6.17. The first-order valence-corrected chi connectivity index (χ1v) is 3.13. The van der Waals surface area contributed by atoms with Gasteiger partial charge in [0.1, 0.15) is 5.82 Å². The summed E-state index contributed by atoms with van der Waals surface area (Å²) >= 11 is 5.50. The minimum atomic E-state index is 0. The molecule has 0 atom stereocenters. The van der Waals surface area contributed by atoms with Gasteiger partial charge in [0.05, 0.1) is 0 Å². The van der Waals surface area contributed by atoms with E-state index in [9.17, 15) is 0 Å². The van der Waals surface area contributed by atoms with E-state index < -0.39 is 0 Å². The minimum absolute atomic E-state index is 0. The molecule has 0 aromatic carbocycles. The second-order valence-corrected chi connectivity index (χ2v) is 1.99. The standard InChI is InChI=1S/C6H7ClN2.ClH/c7-3-5-1-2-6(8)9-4-5;/h1-2,4H,3H2,(H2,8,9);1H. The average Bonchev–Trinajstić information content (AvgIpc) is 1.90. The van der Waals surface area contributed by atoms with Crippen molar-refractivity contribution >= 4 is 29.8 Å². The maximum Gasteiger partial charge on any atom is 0.123 e. The lowest BCUT2D eigenvalue weighted by molar-refractivity contribution is 1.25. The zero-order valence-electron chi connectivity index (χ0n) is 5.25. The molecule has 0 aliphatic carbocycles. The second-order valence-electron chi connectivity index (χ2n) is 1.72. The molecule has 0 saturated carbocycles. The lowest BCUT2D eigenvalue weighted by atomic mass is 10.3. The monoisotopic (exact) mass is 178 g/mol. The van der Waals surface area contributed by atoms with Gasteiger partial charge in [0.15, 0.2) is 0 Å². The predicted octanol–water partition coefficient (Wildman–Crippen LogP) is 1.82. The van der Waals surface area contributed by atoms with Gasteiger partial charge in [-0.05, 0) is 11.6 Å². The molecule has 10 heavy (non-hydrogen) atoms. The van der Waals surface area contributed by atoms with Crippen molar-refractivity contribution in [1.82, 2.24) is 4.98 Å². The Morgan fingerprint density at radius 3 is 2.60 bits per heavy atom. The highest BCUT2D eigenvalue weighted by Gasteiger charge is 1.87. The van der Waals surface area contributed by atoms with Crippen molar-refractivity contribution in [2.24, 2.45) is 0 Å². The van der Waals surface area contributed by atoms with Crippen LogP contribution in [0, 0.1) is 0 Å². The molecular weight excluding hydrogens is 171 g/mol. The van der Waals surface area contributed by atoms with E-state index in [0.717, 1.165) is 5.56 Å². The van der Waals surface area contributed by atoms with Crippen LogP contribution in [-0.4, -0.2) is 4.98 Å². The van der Waals surface area contributed by atoms with Crippen LogP contribution in [0.4, 0.5) is 5.82 Å². The van der Waals surface area contributed by atoms with Gasteiger partial charge in [0, 0.05) is 12.1 Å². The van der Waals surface area contributed by atoms with Crippen LogP contribution in [0.5, 0.6) is 0 Å². The molecule has 0 amide bonds. The smallest absolute Gasteiger partial charge is 0.123 e. The Labute approximate surface area is 70.8 Å². The average molecular weight is 179 g/mol. The van der Waals surface area contributed by atoms with Crippen LogP contribution in [0.3, 0.4) is 0 Å². The van der Waals surface area contributed by atoms with Crippen LogP contribution in [0.2, 0.25) is 0 Å². The summed E-state index contributed by atoms with van der Waals surface area (Å²) in [4.78, 5) is 3.84. The van der Waals surface area contributed by atoms with E-state index in [0.29, 0.717) is 11.7 Å². The number of pyridine rings is 1. The molecule has 4 heteroatoms. The number of alkyl halides is 1. The Balaban J connectivity index is 0.000000810. The van der Waals surface area contributed by atoms with Crippen LogP contribution in [-0.2, 0) is 5.88 Å². The molecule has 0 unspecified atom stereocenters. The van der Waals surface area contributed by atoms with Crippen molar-refractivity contribution in [3.8, 4) is 0 Å². The summed E-state index contributed by atoms with van der Waals surface area (Å²) < 4.78 is 0. The SMILES string of the molecule is Cl.Nc1ccc(CCl)cn1. The highest BCUT2D eigenvalue weighted by atomic mass is 35.5. The first kappa shape index (κ1) is 9.53. The second kappa shape index (κ2) is 4.36. The largest absolute Gasteiger partial charge is 0.384 e. The lowest BCUT2D eigenvalue weighted by Gasteiger charge is -1.92. The summed E-state index contributed by atoms with van der Waals surface area (Å²) in [6, 6.07) is 3.59. The predicted molar refractivity (Wildman–Crippen MR) is 45.5 cm³/mol. The fourth-order valence-corrected chi connectivity index (χ4v) is 0.673. The Kier molecular flexibility index (Phi) is 4.16. The lowest BCUT2D eigenvalue weighted by Crippen LogP contribution is -1.89. The van der Waals surface area contributed by atoms with Gasteiger partial charge in [-0.25, -0.2) is 4.98 Å². The molecule has 2 nitrogen and oxygen atoms in total. The van der Waals surface area contributed by atoms with Gasteiger partial charge in [-0.2, -0.15) is 0 Å². The molecule has 1 aromatic heterocycles. The molecule has 2 N–H and O–H groups in total. The zero-order chi connectivity index (χ0) is 6.69. The van der Waals surface area contributed by atoms with Crippen LogP contribution in [0.1, 0.15) is 5.56 Å². The van der Waals surface area contributed by atoms with Gasteiger partial charge < -0.3 is 5.73 Å². The third-order valence-corrected chi connectivity index (χ3v) is 1.31. The van der Waals surface area contributed by atoms with Crippen molar-refractivity contribution in [1.29, 1.82) is 0 Å². The molecule has 0 radical (unpaired) electrons. The molecule has 56 valence electrons. The molecular formula is C6H8Cl2N2. The number of aromatic nitrogens is 1. The van der Waals surface area contributed by atoms with E-state index in [-0.39, 0.29) is 12.4 Å². The molecule has 0 aliphatic heterocycles. The number of hydrogen-bond donors (Lipinski definition) is 1. The van der Waals surface area contributed by atoms with Crippen molar-refractivity contribution in [2.45, 2.75) is 5.88 Å². The number of halogens is 2. The molecule has 1 aromatic rings. The molecule has 0 aliphatic rings. The van der Waals surface area contributed by atoms with Crippen molar-refractivity contribution in [3.05, 3.63) is 23.9 Å². The minimum Gasteiger partial charge on any atom is -0.384 e. The van der Waals surface area contributed by atoms with Gasteiger partial charge in [0.2, 0.25) is 0 Å². The van der Waals surface area contributed by atoms with Gasteiger partial charge >= 0.3 is 0 Å². The molecule has 1 rings (SSSR count). The summed E-state index contributed by atoms with van der Waals surface area (Å²) in [5, 5.41) is 0. The van der Waals surface area contributed by atoms with Crippen LogP contribution in [0.25, 0.3) is 0 Å². The Hall–Kier alpha value is -0.470. The molecule has 1 heterocycles. The third-order valence-electron chi connectivity index (χ3n) is 1.00. The van der Waals surface area contributed by atoms with E-state index in [1.807, 2.05) is 6.07 Å².